The molecule has 0 saturated carbocycles. The molecule has 0 aromatic rings. The number of carbonyl (C=O) groups is 1. The Balaban J connectivity index is 3.61. The van der Waals surface area contributed by atoms with Gasteiger partial charge in [-0.05, 0) is 13.8 Å². The van der Waals surface area contributed by atoms with Gasteiger partial charge in [0.2, 0.25) is 0 Å². The molecule has 5 heteroatoms. The van der Waals surface area contributed by atoms with E-state index in [2.05, 4.69) is 9.68 Å². The molecule has 0 aliphatic heterocycles. The standard InChI is InChI=1S/C5H12N2O3/c1-3-9-7(5(6)8)10-4-2/h3-4H2,1-2H3,(H2,6,8). The van der Waals surface area contributed by atoms with Crippen LogP contribution in [0.2, 0.25) is 0 Å². The zero-order valence-electron chi connectivity index (χ0n) is 6.16. The summed E-state index contributed by atoms with van der Waals surface area (Å²) in [4.78, 5) is 19.7. The van der Waals surface area contributed by atoms with Crippen LogP contribution in [-0.2, 0) is 9.68 Å². The summed E-state index contributed by atoms with van der Waals surface area (Å²) in [6.45, 7) is 4.16. The number of nitrogens with zero attached hydrogens (tertiary/aromatic N) is 1. The number of hydroxylamine groups is 2. The summed E-state index contributed by atoms with van der Waals surface area (Å²) in [5.41, 5.74) is 4.85. The minimum atomic E-state index is -0.747. The summed E-state index contributed by atoms with van der Waals surface area (Å²) in [7, 11) is 0. The first-order valence-corrected chi connectivity index (χ1v) is 3.07. The molecule has 0 atom stereocenters. The molecule has 60 valence electrons. The van der Waals surface area contributed by atoms with E-state index in [-0.39, 0.29) is 0 Å². The number of hydrogen-bond donors (Lipinski definition) is 1. The molecule has 0 aliphatic carbocycles. The fraction of sp³-hybridized carbons (Fsp3) is 0.800. The summed E-state index contributed by atoms with van der Waals surface area (Å²) in [6.07, 6.45) is 0. The minimum absolute atomic E-state index is 0.350. The van der Waals surface area contributed by atoms with Crippen LogP contribution in [-0.4, -0.2) is 24.5 Å². The Morgan fingerprint density at radius 2 is 1.80 bits per heavy atom. The van der Waals surface area contributed by atoms with Crippen molar-refractivity contribution >= 4 is 6.03 Å². The van der Waals surface area contributed by atoms with Gasteiger partial charge in [0, 0.05) is 0 Å². The Bertz CT molecular complexity index is 101. The third-order valence-electron chi connectivity index (χ3n) is 0.673. The monoisotopic (exact) mass is 148 g/mol. The highest BCUT2D eigenvalue weighted by atomic mass is 17.0. The van der Waals surface area contributed by atoms with Crippen LogP contribution in [0.15, 0.2) is 0 Å². The Morgan fingerprint density at radius 3 is 2.00 bits per heavy atom. The van der Waals surface area contributed by atoms with Crippen LogP contribution in [0, 0.1) is 0 Å². The van der Waals surface area contributed by atoms with Gasteiger partial charge in [-0.15, -0.1) is 0 Å². The van der Waals surface area contributed by atoms with Crippen LogP contribution in [0.25, 0.3) is 0 Å². The number of carbonyl (C=O) groups excluding carboxylic acids is 1. The van der Waals surface area contributed by atoms with Gasteiger partial charge in [0.1, 0.15) is 0 Å². The number of primary amides is 1. The fourth-order valence-corrected chi connectivity index (χ4v) is 0.399. The largest absolute Gasteiger partial charge is 0.364 e. The molecule has 0 rings (SSSR count). The molecule has 10 heavy (non-hydrogen) atoms. The Kier molecular flexibility index (Phi) is 4.61. The van der Waals surface area contributed by atoms with Crippen molar-refractivity contribution in [1.82, 2.24) is 5.23 Å². The molecule has 0 spiro atoms. The van der Waals surface area contributed by atoms with Crippen molar-refractivity contribution in [3.63, 3.8) is 0 Å². The van der Waals surface area contributed by atoms with Gasteiger partial charge < -0.3 is 5.73 Å². The average molecular weight is 148 g/mol. The van der Waals surface area contributed by atoms with Crippen LogP contribution in [0.1, 0.15) is 13.8 Å². The molecule has 0 radical (unpaired) electrons. The summed E-state index contributed by atoms with van der Waals surface area (Å²) in [6, 6.07) is -0.747. The van der Waals surface area contributed by atoms with Gasteiger partial charge in [-0.3, -0.25) is 0 Å². The second-order valence-corrected chi connectivity index (χ2v) is 1.43. The second kappa shape index (κ2) is 5.01. The Labute approximate surface area is 59.6 Å². The van der Waals surface area contributed by atoms with Crippen molar-refractivity contribution in [1.29, 1.82) is 0 Å². The molecule has 0 aromatic carbocycles. The smallest absolute Gasteiger partial charge is 0.348 e. The predicted molar refractivity (Wildman–Crippen MR) is 34.7 cm³/mol. The average Bonchev–Trinajstić information content (AvgIpc) is 1.87. The van der Waals surface area contributed by atoms with Gasteiger partial charge in [-0.25, -0.2) is 14.5 Å². The molecule has 0 fully saturated rings. The van der Waals surface area contributed by atoms with Crippen LogP contribution >= 0.6 is 0 Å². The van der Waals surface area contributed by atoms with E-state index in [1.54, 1.807) is 13.8 Å². The van der Waals surface area contributed by atoms with Crippen LogP contribution < -0.4 is 5.73 Å². The van der Waals surface area contributed by atoms with E-state index in [0.29, 0.717) is 18.4 Å². The molecule has 0 saturated heterocycles. The fourth-order valence-electron chi connectivity index (χ4n) is 0.399. The lowest BCUT2D eigenvalue weighted by Gasteiger charge is -2.15. The van der Waals surface area contributed by atoms with Gasteiger partial charge in [0.05, 0.1) is 13.2 Å². The van der Waals surface area contributed by atoms with E-state index in [9.17, 15) is 4.79 Å². The number of rotatable bonds is 4. The first kappa shape index (κ1) is 9.19. The topological polar surface area (TPSA) is 64.8 Å². The van der Waals surface area contributed by atoms with Crippen molar-refractivity contribution in [2.75, 3.05) is 13.2 Å². The van der Waals surface area contributed by atoms with Crippen molar-refractivity contribution < 1.29 is 14.5 Å². The quantitative estimate of drug-likeness (QED) is 0.582. The number of urea groups is 1. The zero-order valence-corrected chi connectivity index (χ0v) is 6.16. The van der Waals surface area contributed by atoms with Crippen LogP contribution in [0.3, 0.4) is 0 Å². The van der Waals surface area contributed by atoms with E-state index in [4.69, 9.17) is 5.73 Å². The first-order chi connectivity index (χ1) is 4.72. The molecular weight excluding hydrogens is 136 g/mol. The van der Waals surface area contributed by atoms with Crippen molar-refractivity contribution in [2.45, 2.75) is 13.8 Å². The minimum Gasteiger partial charge on any atom is -0.348 e. The SMILES string of the molecule is CCON(OCC)C(N)=O. The first-order valence-electron chi connectivity index (χ1n) is 3.07. The van der Waals surface area contributed by atoms with Gasteiger partial charge >= 0.3 is 6.03 Å². The molecule has 5 nitrogen and oxygen atoms in total. The van der Waals surface area contributed by atoms with E-state index in [1.807, 2.05) is 0 Å². The highest BCUT2D eigenvalue weighted by molar-refractivity contribution is 5.69. The van der Waals surface area contributed by atoms with Gasteiger partial charge in [-0.2, -0.15) is 0 Å². The number of hydrogen-bond acceptors (Lipinski definition) is 3. The molecule has 2 N–H and O–H groups in total. The van der Waals surface area contributed by atoms with E-state index in [0.717, 1.165) is 0 Å². The van der Waals surface area contributed by atoms with Gasteiger partial charge in [-0.1, -0.05) is 5.23 Å². The maximum atomic E-state index is 10.4. The van der Waals surface area contributed by atoms with Gasteiger partial charge in [0.15, 0.2) is 0 Å². The van der Waals surface area contributed by atoms with E-state index < -0.39 is 6.03 Å². The van der Waals surface area contributed by atoms with Crippen molar-refractivity contribution in [3.05, 3.63) is 0 Å². The lowest BCUT2D eigenvalue weighted by molar-refractivity contribution is -0.321. The Hall–Kier alpha value is -0.810. The van der Waals surface area contributed by atoms with Crippen LogP contribution in [0.5, 0.6) is 0 Å². The predicted octanol–water partition coefficient (Wildman–Crippen LogP) is 0.270. The van der Waals surface area contributed by atoms with E-state index in [1.165, 1.54) is 0 Å². The van der Waals surface area contributed by atoms with E-state index >= 15 is 0 Å². The third-order valence-corrected chi connectivity index (χ3v) is 0.673. The molecule has 0 aliphatic rings. The second-order valence-electron chi connectivity index (χ2n) is 1.43. The lowest BCUT2D eigenvalue weighted by Crippen LogP contribution is -2.35. The molecule has 0 unspecified atom stereocenters. The maximum Gasteiger partial charge on any atom is 0.364 e. The third kappa shape index (κ3) is 3.26. The molecule has 0 heterocycles. The highest BCUT2D eigenvalue weighted by Gasteiger charge is 2.07. The zero-order chi connectivity index (χ0) is 7.98. The highest BCUT2D eigenvalue weighted by Crippen LogP contribution is 1.90. The van der Waals surface area contributed by atoms with Crippen molar-refractivity contribution in [3.8, 4) is 0 Å². The summed E-state index contributed by atoms with van der Waals surface area (Å²) >= 11 is 0. The molecule has 0 bridgehead atoms. The van der Waals surface area contributed by atoms with Gasteiger partial charge in [0.25, 0.3) is 0 Å². The number of nitrogens with two attached hydrogens (primary N) is 1. The van der Waals surface area contributed by atoms with Crippen LogP contribution in [0.4, 0.5) is 4.79 Å². The molecular formula is C5H12N2O3. The maximum absolute atomic E-state index is 10.4. The summed E-state index contributed by atoms with van der Waals surface area (Å²) in [5.74, 6) is 0. The normalized spacial score (nSPS) is 9.40. The lowest BCUT2D eigenvalue weighted by atomic mass is 10.9. The van der Waals surface area contributed by atoms with Crippen molar-refractivity contribution in [2.24, 2.45) is 5.73 Å². The number of amides is 2. The summed E-state index contributed by atoms with van der Waals surface area (Å²) in [5, 5.41) is 0.667. The molecule has 2 amide bonds. The summed E-state index contributed by atoms with van der Waals surface area (Å²) < 4.78 is 0. The Morgan fingerprint density at radius 1 is 1.40 bits per heavy atom. The molecule has 0 aromatic heterocycles.